The summed E-state index contributed by atoms with van der Waals surface area (Å²) in [4.78, 5) is 0. The number of hydrogen-bond donors (Lipinski definition) is 0. The van der Waals surface area contributed by atoms with Gasteiger partial charge in [-0.1, -0.05) is 54.1 Å². The van der Waals surface area contributed by atoms with Crippen LogP contribution in [-0.2, 0) is 0 Å². The molecule has 0 bridgehead atoms. The van der Waals surface area contributed by atoms with Crippen LogP contribution in [0.15, 0.2) is 48.5 Å². The first-order valence-corrected chi connectivity index (χ1v) is 6.13. The van der Waals surface area contributed by atoms with E-state index in [1.807, 2.05) is 24.3 Å². The van der Waals surface area contributed by atoms with E-state index in [0.29, 0.717) is 5.56 Å². The molecular weight excluding hydrogens is 261 g/mol. The second-order valence-corrected chi connectivity index (χ2v) is 4.53. The third-order valence-corrected chi connectivity index (χ3v) is 3.15. The predicted molar refractivity (Wildman–Crippen MR) is 75.9 cm³/mol. The van der Waals surface area contributed by atoms with Gasteiger partial charge in [-0.2, -0.15) is 5.26 Å². The number of allylic oxidation sites excluding steroid dienone is 1. The fourth-order valence-corrected chi connectivity index (χ4v) is 2.08. The Balaban J connectivity index is 2.59. The molecule has 0 amide bonds. The van der Waals surface area contributed by atoms with Gasteiger partial charge in [-0.3, -0.25) is 0 Å². The van der Waals surface area contributed by atoms with Crippen molar-refractivity contribution in [3.05, 3.63) is 71.0 Å². The Labute approximate surface area is 116 Å². The first-order chi connectivity index (χ1) is 9.13. The van der Waals surface area contributed by atoms with Crippen LogP contribution in [0.1, 0.15) is 16.7 Å². The Hall–Kier alpha value is -2.11. The SMILES string of the molecule is Cc1ccc(C(Cl)=C(C#N)c2ccccc2)c(F)c1. The average molecular weight is 272 g/mol. The quantitative estimate of drug-likeness (QED) is 0.570. The van der Waals surface area contributed by atoms with Crippen molar-refractivity contribution in [2.45, 2.75) is 6.92 Å². The van der Waals surface area contributed by atoms with Crippen molar-refractivity contribution >= 4 is 22.2 Å². The molecule has 0 aromatic heterocycles. The molecule has 2 rings (SSSR count). The van der Waals surface area contributed by atoms with E-state index >= 15 is 0 Å². The summed E-state index contributed by atoms with van der Waals surface area (Å²) in [7, 11) is 0. The third-order valence-electron chi connectivity index (χ3n) is 2.75. The van der Waals surface area contributed by atoms with Gasteiger partial charge in [0.25, 0.3) is 0 Å². The smallest absolute Gasteiger partial charge is 0.132 e. The normalized spacial score (nSPS) is 11.7. The molecule has 94 valence electrons. The molecule has 2 aromatic rings. The fourth-order valence-electron chi connectivity index (χ4n) is 1.78. The highest BCUT2D eigenvalue weighted by molar-refractivity contribution is 6.53. The zero-order valence-corrected chi connectivity index (χ0v) is 11.1. The maximum atomic E-state index is 13.9. The first kappa shape index (κ1) is 13.3. The summed E-state index contributed by atoms with van der Waals surface area (Å²) in [5.74, 6) is -0.423. The number of benzene rings is 2. The second kappa shape index (κ2) is 5.69. The van der Waals surface area contributed by atoms with Crippen LogP contribution in [0, 0.1) is 24.1 Å². The summed E-state index contributed by atoms with van der Waals surface area (Å²) in [6.07, 6.45) is 0. The summed E-state index contributed by atoms with van der Waals surface area (Å²) < 4.78 is 13.9. The highest BCUT2D eigenvalue weighted by Gasteiger charge is 2.13. The van der Waals surface area contributed by atoms with Crippen molar-refractivity contribution in [3.63, 3.8) is 0 Å². The van der Waals surface area contributed by atoms with Crippen molar-refractivity contribution in [1.29, 1.82) is 5.26 Å². The lowest BCUT2D eigenvalue weighted by Crippen LogP contribution is -1.90. The highest BCUT2D eigenvalue weighted by atomic mass is 35.5. The lowest BCUT2D eigenvalue weighted by atomic mass is 10.0. The zero-order chi connectivity index (χ0) is 13.8. The van der Waals surface area contributed by atoms with Crippen LogP contribution >= 0.6 is 11.6 Å². The minimum Gasteiger partial charge on any atom is -0.206 e. The molecule has 0 spiro atoms. The molecule has 0 saturated heterocycles. The molecule has 0 N–H and O–H groups in total. The zero-order valence-electron chi connectivity index (χ0n) is 10.3. The van der Waals surface area contributed by atoms with Crippen molar-refractivity contribution < 1.29 is 4.39 Å². The van der Waals surface area contributed by atoms with E-state index in [0.717, 1.165) is 5.56 Å². The van der Waals surface area contributed by atoms with Crippen molar-refractivity contribution in [1.82, 2.24) is 0 Å². The summed E-state index contributed by atoms with van der Waals surface area (Å²) in [6, 6.07) is 15.8. The van der Waals surface area contributed by atoms with E-state index in [1.54, 1.807) is 31.2 Å². The molecule has 0 aliphatic carbocycles. The van der Waals surface area contributed by atoms with Gasteiger partial charge >= 0.3 is 0 Å². The molecule has 0 unspecified atom stereocenters. The molecule has 0 saturated carbocycles. The molecule has 2 aromatic carbocycles. The van der Waals surface area contributed by atoms with E-state index < -0.39 is 5.82 Å². The number of nitrogens with zero attached hydrogens (tertiary/aromatic N) is 1. The summed E-state index contributed by atoms with van der Waals surface area (Å²) in [5, 5.41) is 9.37. The van der Waals surface area contributed by atoms with Crippen LogP contribution in [-0.4, -0.2) is 0 Å². The van der Waals surface area contributed by atoms with Gasteiger partial charge in [0.1, 0.15) is 11.9 Å². The molecule has 19 heavy (non-hydrogen) atoms. The highest BCUT2D eigenvalue weighted by Crippen LogP contribution is 2.31. The van der Waals surface area contributed by atoms with Crippen molar-refractivity contribution in [3.8, 4) is 6.07 Å². The van der Waals surface area contributed by atoms with Crippen molar-refractivity contribution in [2.75, 3.05) is 0 Å². The van der Waals surface area contributed by atoms with Gasteiger partial charge in [0, 0.05) is 5.56 Å². The monoisotopic (exact) mass is 271 g/mol. The Morgan fingerprint density at radius 2 is 1.84 bits per heavy atom. The van der Waals surface area contributed by atoms with Gasteiger partial charge in [-0.25, -0.2) is 4.39 Å². The molecule has 0 aliphatic heterocycles. The third kappa shape index (κ3) is 2.83. The van der Waals surface area contributed by atoms with E-state index in [9.17, 15) is 9.65 Å². The van der Waals surface area contributed by atoms with E-state index in [1.165, 1.54) is 6.07 Å². The van der Waals surface area contributed by atoms with Crippen LogP contribution in [0.4, 0.5) is 4.39 Å². The lowest BCUT2D eigenvalue weighted by molar-refractivity contribution is 0.623. The molecule has 0 fully saturated rings. The van der Waals surface area contributed by atoms with Crippen LogP contribution in [0.5, 0.6) is 0 Å². The number of hydrogen-bond acceptors (Lipinski definition) is 1. The Morgan fingerprint density at radius 1 is 1.16 bits per heavy atom. The molecule has 0 atom stereocenters. The molecule has 0 aliphatic rings. The van der Waals surface area contributed by atoms with Crippen LogP contribution in [0.25, 0.3) is 10.6 Å². The molecular formula is C16H11ClFN. The molecule has 3 heteroatoms. The maximum absolute atomic E-state index is 13.9. The topological polar surface area (TPSA) is 23.8 Å². The number of rotatable bonds is 2. The van der Waals surface area contributed by atoms with Gasteiger partial charge < -0.3 is 0 Å². The first-order valence-electron chi connectivity index (χ1n) is 5.75. The van der Waals surface area contributed by atoms with Gasteiger partial charge in [0.05, 0.1) is 10.6 Å². The average Bonchev–Trinajstić information content (AvgIpc) is 2.40. The standard InChI is InChI=1S/C16H11ClFN/c1-11-7-8-13(15(18)9-11)16(17)14(10-19)12-5-3-2-4-6-12/h2-9H,1H3. The number of aryl methyl sites for hydroxylation is 1. The minimum absolute atomic E-state index is 0.131. The van der Waals surface area contributed by atoms with Crippen LogP contribution in [0.2, 0.25) is 0 Å². The summed E-state index contributed by atoms with van der Waals surface area (Å²) in [6.45, 7) is 1.80. The predicted octanol–water partition coefficient (Wildman–Crippen LogP) is 4.76. The number of nitriles is 1. The van der Waals surface area contributed by atoms with E-state index in [2.05, 4.69) is 0 Å². The Bertz CT molecular complexity index is 669. The van der Waals surface area contributed by atoms with Gasteiger partial charge in [-0.15, -0.1) is 0 Å². The molecule has 0 radical (unpaired) electrons. The van der Waals surface area contributed by atoms with Crippen LogP contribution in [0.3, 0.4) is 0 Å². The minimum atomic E-state index is -0.423. The maximum Gasteiger partial charge on any atom is 0.132 e. The number of halogens is 2. The van der Waals surface area contributed by atoms with E-state index in [4.69, 9.17) is 11.6 Å². The van der Waals surface area contributed by atoms with E-state index in [-0.39, 0.29) is 16.2 Å². The van der Waals surface area contributed by atoms with Crippen LogP contribution < -0.4 is 0 Å². The Kier molecular flexibility index (Phi) is 3.99. The largest absolute Gasteiger partial charge is 0.206 e. The molecule has 0 heterocycles. The summed E-state index contributed by atoms with van der Waals surface area (Å²) in [5.41, 5.74) is 2.00. The van der Waals surface area contributed by atoms with Crippen molar-refractivity contribution in [2.24, 2.45) is 0 Å². The molecule has 1 nitrogen and oxygen atoms in total. The fraction of sp³-hybridized carbons (Fsp3) is 0.0625. The van der Waals surface area contributed by atoms with Gasteiger partial charge in [-0.05, 0) is 24.1 Å². The van der Waals surface area contributed by atoms with Gasteiger partial charge in [0.2, 0.25) is 0 Å². The second-order valence-electron chi connectivity index (χ2n) is 4.15. The van der Waals surface area contributed by atoms with Gasteiger partial charge in [0.15, 0.2) is 0 Å². The lowest BCUT2D eigenvalue weighted by Gasteiger charge is -2.06. The Morgan fingerprint density at radius 3 is 2.42 bits per heavy atom. The summed E-state index contributed by atoms with van der Waals surface area (Å²) >= 11 is 6.18.